The van der Waals surface area contributed by atoms with Gasteiger partial charge >= 0.3 is 0 Å². The highest BCUT2D eigenvalue weighted by atomic mass is 16.1. The number of nitrogens with one attached hydrogen (secondary N) is 2. The second kappa shape index (κ2) is 6.09. The van der Waals surface area contributed by atoms with Gasteiger partial charge < -0.3 is 16.4 Å². The zero-order valence-electron chi connectivity index (χ0n) is 13.3. The number of carbonyl (C=O) groups excluding carboxylic acids is 1. The van der Waals surface area contributed by atoms with Gasteiger partial charge in [0.1, 0.15) is 11.9 Å². The van der Waals surface area contributed by atoms with Crippen LogP contribution in [0.2, 0.25) is 0 Å². The quantitative estimate of drug-likeness (QED) is 0.791. The second-order valence-electron chi connectivity index (χ2n) is 6.17. The minimum atomic E-state index is -0.544. The van der Waals surface area contributed by atoms with E-state index in [9.17, 15) is 4.79 Å². The minimum absolute atomic E-state index is 0.0765. The highest BCUT2D eigenvalue weighted by Gasteiger charge is 2.37. The fourth-order valence-electron chi connectivity index (χ4n) is 3.50. The fourth-order valence-corrected chi connectivity index (χ4v) is 3.50. The molecule has 124 valence electrons. The Labute approximate surface area is 140 Å². The van der Waals surface area contributed by atoms with Crippen LogP contribution >= 0.6 is 0 Å². The number of rotatable bonds is 3. The van der Waals surface area contributed by atoms with Gasteiger partial charge in [0.15, 0.2) is 0 Å². The molecule has 4 rings (SSSR count). The number of amides is 1. The van der Waals surface area contributed by atoms with Crippen LogP contribution in [0.4, 0.5) is 17.3 Å². The van der Waals surface area contributed by atoms with Crippen molar-refractivity contribution in [3.8, 4) is 0 Å². The van der Waals surface area contributed by atoms with E-state index in [0.29, 0.717) is 11.9 Å². The lowest BCUT2D eigenvalue weighted by Gasteiger charge is -2.34. The molecule has 24 heavy (non-hydrogen) atoms. The number of carbonyl (C=O) groups is 1. The summed E-state index contributed by atoms with van der Waals surface area (Å²) in [6.45, 7) is 2.02. The highest BCUT2D eigenvalue weighted by Crippen LogP contribution is 2.41. The Morgan fingerprint density at radius 1 is 1.21 bits per heavy atom. The number of anilines is 3. The Bertz CT molecular complexity index is 758. The van der Waals surface area contributed by atoms with Crippen molar-refractivity contribution in [2.75, 3.05) is 23.3 Å². The van der Waals surface area contributed by atoms with Gasteiger partial charge in [0.05, 0.1) is 11.4 Å². The van der Waals surface area contributed by atoms with E-state index in [2.05, 4.69) is 31.6 Å². The van der Waals surface area contributed by atoms with Gasteiger partial charge in [0.2, 0.25) is 5.95 Å². The smallest absolute Gasteiger partial charge is 0.267 e. The molecule has 0 aliphatic carbocycles. The maximum atomic E-state index is 11.5. The molecule has 7 heteroatoms. The van der Waals surface area contributed by atoms with Crippen molar-refractivity contribution in [1.29, 1.82) is 0 Å². The normalized spacial score (nSPS) is 20.5. The van der Waals surface area contributed by atoms with Gasteiger partial charge in [-0.3, -0.25) is 9.69 Å². The molecule has 2 aliphatic heterocycles. The summed E-state index contributed by atoms with van der Waals surface area (Å²) in [6, 6.07) is 9.65. The standard InChI is InChI=1S/C17H20N6O/c18-15(24)13-7-10-20-17(22-13)23-14-4-2-1-3-12(14)21-16(23)11-5-8-19-9-6-11/h1-4,7,10-11,16,19,21H,5-6,8-9H2,(H2,18,24). The number of piperidine rings is 1. The average Bonchev–Trinajstić information content (AvgIpc) is 3.02. The van der Waals surface area contributed by atoms with Crippen LogP contribution in [0.5, 0.6) is 0 Å². The summed E-state index contributed by atoms with van der Waals surface area (Å²) in [7, 11) is 0. The SMILES string of the molecule is NC(=O)c1ccnc(N2c3ccccc3NC2C2CCNCC2)n1. The summed E-state index contributed by atoms with van der Waals surface area (Å²) in [4.78, 5) is 22.4. The molecule has 2 aliphatic rings. The zero-order chi connectivity index (χ0) is 16.5. The van der Waals surface area contributed by atoms with Gasteiger partial charge in [-0.05, 0) is 44.1 Å². The molecule has 1 unspecified atom stereocenters. The summed E-state index contributed by atoms with van der Waals surface area (Å²) in [5, 5.41) is 7.00. The van der Waals surface area contributed by atoms with Crippen molar-refractivity contribution in [1.82, 2.24) is 15.3 Å². The Kier molecular flexibility index (Phi) is 3.78. The molecule has 0 saturated carbocycles. The van der Waals surface area contributed by atoms with E-state index in [1.807, 2.05) is 18.2 Å². The lowest BCUT2D eigenvalue weighted by Crippen LogP contribution is -2.44. The highest BCUT2D eigenvalue weighted by molar-refractivity contribution is 5.91. The number of nitrogens with zero attached hydrogens (tertiary/aromatic N) is 3. The Morgan fingerprint density at radius 3 is 2.79 bits per heavy atom. The monoisotopic (exact) mass is 324 g/mol. The summed E-state index contributed by atoms with van der Waals surface area (Å²) in [5.74, 6) is 0.435. The van der Waals surface area contributed by atoms with Gasteiger partial charge in [-0.15, -0.1) is 0 Å². The lowest BCUT2D eigenvalue weighted by molar-refractivity contribution is 0.0995. The third kappa shape index (κ3) is 2.56. The van der Waals surface area contributed by atoms with Crippen molar-refractivity contribution in [2.45, 2.75) is 19.0 Å². The van der Waals surface area contributed by atoms with Gasteiger partial charge in [0, 0.05) is 12.1 Å². The van der Waals surface area contributed by atoms with E-state index in [-0.39, 0.29) is 11.9 Å². The summed E-state index contributed by atoms with van der Waals surface area (Å²) < 4.78 is 0. The van der Waals surface area contributed by atoms with Crippen LogP contribution in [-0.4, -0.2) is 35.1 Å². The van der Waals surface area contributed by atoms with E-state index in [1.54, 1.807) is 12.3 Å². The molecule has 1 amide bonds. The molecule has 4 N–H and O–H groups in total. The molecule has 1 saturated heterocycles. The van der Waals surface area contributed by atoms with E-state index in [4.69, 9.17) is 5.73 Å². The number of nitrogens with two attached hydrogens (primary N) is 1. The first-order valence-corrected chi connectivity index (χ1v) is 8.22. The van der Waals surface area contributed by atoms with Crippen molar-refractivity contribution >= 4 is 23.2 Å². The summed E-state index contributed by atoms with van der Waals surface area (Å²) in [6.07, 6.45) is 3.82. The number of primary amides is 1. The third-order valence-electron chi connectivity index (χ3n) is 4.69. The van der Waals surface area contributed by atoms with E-state index in [1.165, 1.54) is 0 Å². The molecule has 2 aromatic rings. The molecule has 1 aromatic heterocycles. The van der Waals surface area contributed by atoms with Crippen LogP contribution in [0.15, 0.2) is 36.5 Å². The van der Waals surface area contributed by atoms with Crippen LogP contribution in [0, 0.1) is 5.92 Å². The second-order valence-corrected chi connectivity index (χ2v) is 6.17. The van der Waals surface area contributed by atoms with Crippen molar-refractivity contribution < 1.29 is 4.79 Å². The van der Waals surface area contributed by atoms with Crippen molar-refractivity contribution in [3.63, 3.8) is 0 Å². The Morgan fingerprint density at radius 2 is 2.00 bits per heavy atom. The number of benzene rings is 1. The van der Waals surface area contributed by atoms with Crippen LogP contribution in [0.3, 0.4) is 0 Å². The maximum absolute atomic E-state index is 11.5. The molecule has 1 atom stereocenters. The topological polar surface area (TPSA) is 96.2 Å². The van der Waals surface area contributed by atoms with Gasteiger partial charge in [-0.25, -0.2) is 9.97 Å². The predicted octanol–water partition coefficient (Wildman–Crippen LogP) is 1.46. The number of hydrogen-bond acceptors (Lipinski definition) is 6. The number of aromatic nitrogens is 2. The van der Waals surface area contributed by atoms with Gasteiger partial charge in [-0.2, -0.15) is 0 Å². The molecule has 7 nitrogen and oxygen atoms in total. The molecular formula is C17H20N6O. The van der Waals surface area contributed by atoms with Crippen LogP contribution in [0.1, 0.15) is 23.3 Å². The Hall–Kier alpha value is -2.67. The Balaban J connectivity index is 1.75. The first kappa shape index (κ1) is 14.9. The third-order valence-corrected chi connectivity index (χ3v) is 4.69. The van der Waals surface area contributed by atoms with E-state index in [0.717, 1.165) is 37.3 Å². The van der Waals surface area contributed by atoms with Crippen LogP contribution in [-0.2, 0) is 0 Å². The largest absolute Gasteiger partial charge is 0.364 e. The number of fused-ring (bicyclic) bond motifs is 1. The minimum Gasteiger partial charge on any atom is -0.364 e. The van der Waals surface area contributed by atoms with Crippen LogP contribution in [0.25, 0.3) is 0 Å². The predicted molar refractivity (Wildman–Crippen MR) is 92.1 cm³/mol. The average molecular weight is 324 g/mol. The molecule has 1 fully saturated rings. The molecule has 0 radical (unpaired) electrons. The molecular weight excluding hydrogens is 304 g/mol. The van der Waals surface area contributed by atoms with Crippen LogP contribution < -0.4 is 21.3 Å². The number of para-hydroxylation sites is 2. The lowest BCUT2D eigenvalue weighted by atomic mass is 9.94. The van der Waals surface area contributed by atoms with Crippen molar-refractivity contribution in [2.24, 2.45) is 11.7 Å². The molecule has 0 bridgehead atoms. The first-order chi connectivity index (χ1) is 11.7. The maximum Gasteiger partial charge on any atom is 0.267 e. The van der Waals surface area contributed by atoms with Gasteiger partial charge in [-0.1, -0.05) is 12.1 Å². The van der Waals surface area contributed by atoms with E-state index >= 15 is 0 Å². The fraction of sp³-hybridized carbons (Fsp3) is 0.353. The number of hydrogen-bond donors (Lipinski definition) is 3. The van der Waals surface area contributed by atoms with E-state index < -0.39 is 5.91 Å². The molecule has 1 aromatic carbocycles. The molecule has 3 heterocycles. The zero-order valence-corrected chi connectivity index (χ0v) is 13.3. The molecule has 0 spiro atoms. The summed E-state index contributed by atoms with van der Waals surface area (Å²) in [5.41, 5.74) is 7.71. The van der Waals surface area contributed by atoms with Gasteiger partial charge in [0.25, 0.3) is 5.91 Å². The first-order valence-electron chi connectivity index (χ1n) is 8.22. The van der Waals surface area contributed by atoms with Crippen molar-refractivity contribution in [3.05, 3.63) is 42.2 Å². The summed E-state index contributed by atoms with van der Waals surface area (Å²) >= 11 is 0.